The quantitative estimate of drug-likeness (QED) is 0.868. The first-order valence-electron chi connectivity index (χ1n) is 7.19. The maximum atomic E-state index is 12.1. The Kier molecular flexibility index (Phi) is 6.39. The number of nitrogens with zero attached hydrogens (tertiary/aromatic N) is 2. The van der Waals surface area contributed by atoms with Gasteiger partial charge in [0.05, 0.1) is 25.0 Å². The van der Waals surface area contributed by atoms with Gasteiger partial charge in [-0.1, -0.05) is 11.6 Å². The van der Waals surface area contributed by atoms with Crippen LogP contribution in [0.1, 0.15) is 25.7 Å². The number of rotatable bonds is 6. The molecule has 2 rings (SSSR count). The lowest BCUT2D eigenvalue weighted by atomic mass is 9.95. The molecule has 0 aromatic carbocycles. The zero-order chi connectivity index (χ0) is 15.2. The topological polar surface area (TPSA) is 56.1 Å². The number of hydrogen-bond donors (Lipinski definition) is 1. The second kappa shape index (κ2) is 8.06. The van der Waals surface area contributed by atoms with Crippen LogP contribution in [-0.2, 0) is 11.3 Å². The van der Waals surface area contributed by atoms with Gasteiger partial charge in [0.15, 0.2) is 0 Å². The summed E-state index contributed by atoms with van der Waals surface area (Å²) >= 11 is 8.11. The molecule has 0 saturated heterocycles. The zero-order valence-corrected chi connectivity index (χ0v) is 14.0. The molecule has 21 heavy (non-hydrogen) atoms. The number of methoxy groups -OCH3 is 1. The lowest BCUT2D eigenvalue weighted by Gasteiger charge is -2.28. The molecule has 118 valence electrons. The lowest BCUT2D eigenvalue weighted by Crippen LogP contribution is -2.30. The highest BCUT2D eigenvalue weighted by Crippen LogP contribution is 2.29. The van der Waals surface area contributed by atoms with Crippen LogP contribution in [0.15, 0.2) is 11.0 Å². The van der Waals surface area contributed by atoms with E-state index in [-0.39, 0.29) is 10.6 Å². The molecule has 0 amide bonds. The van der Waals surface area contributed by atoms with Crippen LogP contribution in [-0.4, -0.2) is 41.0 Å². The summed E-state index contributed by atoms with van der Waals surface area (Å²) < 4.78 is 6.29. The van der Waals surface area contributed by atoms with Crippen molar-refractivity contribution < 1.29 is 4.74 Å². The molecule has 1 N–H and O–H groups in total. The van der Waals surface area contributed by atoms with Gasteiger partial charge < -0.3 is 10.1 Å². The van der Waals surface area contributed by atoms with Crippen LogP contribution in [0.5, 0.6) is 0 Å². The van der Waals surface area contributed by atoms with Gasteiger partial charge in [-0.15, -0.1) is 0 Å². The van der Waals surface area contributed by atoms with E-state index in [0.717, 1.165) is 18.1 Å². The van der Waals surface area contributed by atoms with E-state index in [0.29, 0.717) is 24.9 Å². The van der Waals surface area contributed by atoms with Crippen molar-refractivity contribution in [3.63, 3.8) is 0 Å². The third-order valence-electron chi connectivity index (χ3n) is 3.86. The third kappa shape index (κ3) is 4.37. The van der Waals surface area contributed by atoms with Crippen LogP contribution < -0.4 is 10.9 Å². The number of ether oxygens (including phenoxy) is 1. The molecular weight excluding hydrogens is 310 g/mol. The molecular formula is C14H22ClN3O2S. The summed E-state index contributed by atoms with van der Waals surface area (Å²) in [6.07, 6.45) is 8.42. The predicted molar refractivity (Wildman–Crippen MR) is 88.6 cm³/mol. The Morgan fingerprint density at radius 1 is 1.48 bits per heavy atom. The smallest absolute Gasteiger partial charge is 0.287 e. The molecule has 0 unspecified atom stereocenters. The minimum absolute atomic E-state index is 0.216. The van der Waals surface area contributed by atoms with E-state index in [1.165, 1.54) is 17.5 Å². The number of halogens is 1. The second-order valence-corrected chi connectivity index (χ2v) is 6.76. The van der Waals surface area contributed by atoms with Crippen molar-refractivity contribution in [2.45, 2.75) is 43.5 Å². The fourth-order valence-corrected chi connectivity index (χ4v) is 3.51. The Balaban J connectivity index is 2.01. The van der Waals surface area contributed by atoms with Gasteiger partial charge in [-0.2, -0.15) is 16.9 Å². The number of hydrogen-bond acceptors (Lipinski definition) is 5. The molecule has 0 spiro atoms. The number of aromatic nitrogens is 2. The minimum atomic E-state index is -0.267. The number of nitrogens with one attached hydrogen (secondary N) is 1. The summed E-state index contributed by atoms with van der Waals surface area (Å²) in [6.45, 7) is 0.850. The molecule has 5 nitrogen and oxygen atoms in total. The molecule has 0 atom stereocenters. The fraction of sp³-hybridized carbons (Fsp3) is 0.714. The highest BCUT2D eigenvalue weighted by atomic mass is 35.5. The molecule has 1 aromatic rings. The third-order valence-corrected chi connectivity index (χ3v) is 5.36. The molecule has 1 saturated carbocycles. The van der Waals surface area contributed by atoms with Crippen molar-refractivity contribution in [1.82, 2.24) is 9.78 Å². The molecule has 1 aromatic heterocycles. The van der Waals surface area contributed by atoms with E-state index in [2.05, 4.69) is 16.7 Å². The molecule has 1 heterocycles. The highest BCUT2D eigenvalue weighted by Gasteiger charge is 2.21. The predicted octanol–water partition coefficient (Wildman–Crippen LogP) is 2.63. The van der Waals surface area contributed by atoms with Crippen molar-refractivity contribution in [3.8, 4) is 0 Å². The van der Waals surface area contributed by atoms with Crippen LogP contribution in [0, 0.1) is 0 Å². The molecule has 0 radical (unpaired) electrons. The summed E-state index contributed by atoms with van der Waals surface area (Å²) in [7, 11) is 1.59. The molecule has 0 aliphatic heterocycles. The standard InChI is InChI=1S/C14H22ClN3O2S/c1-20-8-7-18-14(19)13(15)12(9-16-18)17-10-3-5-11(21-2)6-4-10/h9-11,17H,3-8H2,1-2H3. The van der Waals surface area contributed by atoms with Gasteiger partial charge in [0.2, 0.25) is 0 Å². The fourth-order valence-electron chi connectivity index (χ4n) is 2.57. The maximum Gasteiger partial charge on any atom is 0.287 e. The first-order chi connectivity index (χ1) is 10.2. The average molecular weight is 332 g/mol. The first-order valence-corrected chi connectivity index (χ1v) is 8.86. The highest BCUT2D eigenvalue weighted by molar-refractivity contribution is 7.99. The van der Waals surface area contributed by atoms with Gasteiger partial charge in [0.1, 0.15) is 5.02 Å². The minimum Gasteiger partial charge on any atom is -0.383 e. The van der Waals surface area contributed by atoms with Crippen LogP contribution in [0.2, 0.25) is 5.02 Å². The van der Waals surface area contributed by atoms with Crippen LogP contribution in [0.4, 0.5) is 5.69 Å². The summed E-state index contributed by atoms with van der Waals surface area (Å²) in [5.41, 5.74) is 0.374. The van der Waals surface area contributed by atoms with Crippen LogP contribution in [0.3, 0.4) is 0 Å². The Bertz CT molecular complexity index is 515. The van der Waals surface area contributed by atoms with Crippen molar-refractivity contribution >= 4 is 29.1 Å². The van der Waals surface area contributed by atoms with E-state index in [1.807, 2.05) is 11.8 Å². The van der Waals surface area contributed by atoms with Crippen molar-refractivity contribution in [3.05, 3.63) is 21.6 Å². The van der Waals surface area contributed by atoms with Crippen LogP contribution in [0.25, 0.3) is 0 Å². The van der Waals surface area contributed by atoms with Crippen LogP contribution >= 0.6 is 23.4 Å². The maximum absolute atomic E-state index is 12.1. The van der Waals surface area contributed by atoms with Gasteiger partial charge in [-0.3, -0.25) is 4.79 Å². The lowest BCUT2D eigenvalue weighted by molar-refractivity contribution is 0.182. The van der Waals surface area contributed by atoms with Crippen molar-refractivity contribution in [2.24, 2.45) is 0 Å². The van der Waals surface area contributed by atoms with Gasteiger partial charge in [-0.25, -0.2) is 4.68 Å². The zero-order valence-electron chi connectivity index (χ0n) is 12.5. The number of anilines is 1. The molecule has 1 aliphatic carbocycles. The monoisotopic (exact) mass is 331 g/mol. The summed E-state index contributed by atoms with van der Waals surface area (Å²) in [5.74, 6) is 0. The van der Waals surface area contributed by atoms with E-state index in [4.69, 9.17) is 16.3 Å². The van der Waals surface area contributed by atoms with Crippen molar-refractivity contribution in [2.75, 3.05) is 25.3 Å². The largest absolute Gasteiger partial charge is 0.383 e. The SMILES string of the molecule is COCCn1ncc(NC2CCC(SC)CC2)c(Cl)c1=O. The van der Waals surface area contributed by atoms with E-state index in [1.54, 1.807) is 13.3 Å². The molecule has 0 bridgehead atoms. The van der Waals surface area contributed by atoms with E-state index >= 15 is 0 Å². The number of thioether (sulfide) groups is 1. The van der Waals surface area contributed by atoms with E-state index in [9.17, 15) is 4.79 Å². The second-order valence-electron chi connectivity index (χ2n) is 5.25. The summed E-state index contributed by atoms with van der Waals surface area (Å²) in [6, 6.07) is 0.377. The molecule has 1 fully saturated rings. The Morgan fingerprint density at radius 2 is 2.19 bits per heavy atom. The van der Waals surface area contributed by atoms with Gasteiger partial charge in [0, 0.05) is 18.4 Å². The molecule has 1 aliphatic rings. The van der Waals surface area contributed by atoms with Gasteiger partial charge >= 0.3 is 0 Å². The Labute approximate surface area is 134 Å². The van der Waals surface area contributed by atoms with Gasteiger partial charge in [0.25, 0.3) is 5.56 Å². The van der Waals surface area contributed by atoms with Crippen molar-refractivity contribution in [1.29, 1.82) is 0 Å². The molecule has 7 heteroatoms. The first kappa shape index (κ1) is 16.6. The normalized spacial score (nSPS) is 22.2. The Morgan fingerprint density at radius 3 is 2.81 bits per heavy atom. The van der Waals surface area contributed by atoms with E-state index < -0.39 is 0 Å². The van der Waals surface area contributed by atoms with Gasteiger partial charge in [-0.05, 0) is 31.9 Å². The summed E-state index contributed by atoms with van der Waals surface area (Å²) in [4.78, 5) is 12.1. The summed E-state index contributed by atoms with van der Waals surface area (Å²) in [5, 5.41) is 8.49. The Hall–Kier alpha value is -0.720. The average Bonchev–Trinajstić information content (AvgIpc) is 2.52.